The van der Waals surface area contributed by atoms with Crippen molar-refractivity contribution in [2.45, 2.75) is 12.6 Å². The number of aliphatic hydroxyl groups excluding tert-OH is 1. The van der Waals surface area contributed by atoms with E-state index in [4.69, 9.17) is 4.74 Å². The lowest BCUT2D eigenvalue weighted by Gasteiger charge is -2.18. The molecule has 0 heterocycles. The third-order valence-electron chi connectivity index (χ3n) is 3.25. The van der Waals surface area contributed by atoms with Gasteiger partial charge in [-0.2, -0.15) is 0 Å². The third kappa shape index (κ3) is 3.90. The summed E-state index contributed by atoms with van der Waals surface area (Å²) in [5.41, 5.74) is 2.26. The number of methoxy groups -OCH3 is 1. The van der Waals surface area contributed by atoms with E-state index >= 15 is 0 Å². The number of amides is 1. The molecular formula is C17H19NO3. The molecule has 0 aromatic heterocycles. The lowest BCUT2D eigenvalue weighted by Crippen LogP contribution is -2.31. The Labute approximate surface area is 124 Å². The van der Waals surface area contributed by atoms with Crippen molar-refractivity contribution in [3.63, 3.8) is 0 Å². The van der Waals surface area contributed by atoms with Crippen LogP contribution >= 0.6 is 0 Å². The zero-order valence-electron chi connectivity index (χ0n) is 12.0. The zero-order chi connectivity index (χ0) is 15.1. The van der Waals surface area contributed by atoms with Gasteiger partial charge in [0.2, 0.25) is 0 Å². The molecule has 2 aromatic carbocycles. The fourth-order valence-corrected chi connectivity index (χ4v) is 2.18. The standard InChI is InChI=1S/C17H19NO3/c1-21-12-14-9-5-6-10-15(14)17(20)18-16(11-19)13-7-3-2-4-8-13/h2-10,16,19H,11-12H2,1H3,(H,18,20)/t16-/m0/s1. The lowest BCUT2D eigenvalue weighted by atomic mass is 10.0. The molecular weight excluding hydrogens is 266 g/mol. The highest BCUT2D eigenvalue weighted by atomic mass is 16.5. The van der Waals surface area contributed by atoms with E-state index in [1.165, 1.54) is 0 Å². The van der Waals surface area contributed by atoms with Gasteiger partial charge in [-0.25, -0.2) is 0 Å². The van der Waals surface area contributed by atoms with E-state index in [1.54, 1.807) is 13.2 Å². The Bertz CT molecular complexity index is 584. The minimum Gasteiger partial charge on any atom is -0.394 e. The largest absolute Gasteiger partial charge is 0.394 e. The molecule has 0 saturated heterocycles. The van der Waals surface area contributed by atoms with Gasteiger partial charge in [0.15, 0.2) is 0 Å². The summed E-state index contributed by atoms with van der Waals surface area (Å²) < 4.78 is 5.11. The zero-order valence-corrected chi connectivity index (χ0v) is 12.0. The number of carbonyl (C=O) groups excluding carboxylic acids is 1. The van der Waals surface area contributed by atoms with Crippen LogP contribution in [0, 0.1) is 0 Å². The Morgan fingerprint density at radius 2 is 1.81 bits per heavy atom. The number of benzene rings is 2. The molecule has 0 unspecified atom stereocenters. The molecule has 0 radical (unpaired) electrons. The van der Waals surface area contributed by atoms with Crippen molar-refractivity contribution >= 4 is 5.91 Å². The molecule has 0 fully saturated rings. The average Bonchev–Trinajstić information content (AvgIpc) is 2.54. The van der Waals surface area contributed by atoms with Gasteiger partial charge in [-0.15, -0.1) is 0 Å². The van der Waals surface area contributed by atoms with Crippen LogP contribution in [0.2, 0.25) is 0 Å². The number of hydrogen-bond donors (Lipinski definition) is 2. The quantitative estimate of drug-likeness (QED) is 0.856. The molecule has 4 heteroatoms. The second-order valence-electron chi connectivity index (χ2n) is 4.71. The predicted molar refractivity (Wildman–Crippen MR) is 80.9 cm³/mol. The number of rotatable bonds is 6. The molecule has 0 aliphatic carbocycles. The summed E-state index contributed by atoms with van der Waals surface area (Å²) in [4.78, 5) is 12.4. The van der Waals surface area contributed by atoms with Crippen molar-refractivity contribution in [2.75, 3.05) is 13.7 Å². The molecule has 4 nitrogen and oxygen atoms in total. The maximum atomic E-state index is 12.4. The fraction of sp³-hybridized carbons (Fsp3) is 0.235. The topological polar surface area (TPSA) is 58.6 Å². The Hall–Kier alpha value is -2.17. The number of carbonyl (C=O) groups is 1. The summed E-state index contributed by atoms with van der Waals surface area (Å²) in [5, 5.41) is 12.4. The van der Waals surface area contributed by atoms with Crippen molar-refractivity contribution < 1.29 is 14.6 Å². The molecule has 1 atom stereocenters. The van der Waals surface area contributed by atoms with E-state index in [1.807, 2.05) is 48.5 Å². The first-order valence-corrected chi connectivity index (χ1v) is 6.79. The molecule has 21 heavy (non-hydrogen) atoms. The van der Waals surface area contributed by atoms with E-state index in [-0.39, 0.29) is 12.5 Å². The van der Waals surface area contributed by atoms with Crippen LogP contribution in [0.15, 0.2) is 54.6 Å². The Morgan fingerprint density at radius 1 is 1.14 bits per heavy atom. The number of hydrogen-bond acceptors (Lipinski definition) is 3. The van der Waals surface area contributed by atoms with Gasteiger partial charge < -0.3 is 15.2 Å². The second-order valence-corrected chi connectivity index (χ2v) is 4.71. The molecule has 1 amide bonds. The van der Waals surface area contributed by atoms with Gasteiger partial charge in [0.1, 0.15) is 0 Å². The van der Waals surface area contributed by atoms with Gasteiger partial charge in [0, 0.05) is 12.7 Å². The first-order chi connectivity index (χ1) is 10.3. The predicted octanol–water partition coefficient (Wildman–Crippen LogP) is 2.30. The van der Waals surface area contributed by atoms with Crippen LogP contribution in [0.1, 0.15) is 27.5 Å². The van der Waals surface area contributed by atoms with E-state index in [0.29, 0.717) is 12.2 Å². The van der Waals surface area contributed by atoms with Gasteiger partial charge in [-0.1, -0.05) is 48.5 Å². The minimum absolute atomic E-state index is 0.151. The molecule has 2 rings (SSSR count). The summed E-state index contributed by atoms with van der Waals surface area (Å²) in [5.74, 6) is -0.217. The number of aliphatic hydroxyl groups is 1. The summed E-state index contributed by atoms with van der Waals surface area (Å²) in [6.45, 7) is 0.223. The van der Waals surface area contributed by atoms with E-state index < -0.39 is 6.04 Å². The molecule has 2 aromatic rings. The number of ether oxygens (including phenoxy) is 1. The molecule has 0 saturated carbocycles. The maximum Gasteiger partial charge on any atom is 0.252 e. The summed E-state index contributed by atoms with van der Waals surface area (Å²) >= 11 is 0. The molecule has 0 spiro atoms. The van der Waals surface area contributed by atoms with Crippen LogP contribution in [0.5, 0.6) is 0 Å². The van der Waals surface area contributed by atoms with Gasteiger partial charge in [-0.05, 0) is 17.2 Å². The van der Waals surface area contributed by atoms with Crippen LogP contribution in [0.4, 0.5) is 0 Å². The van der Waals surface area contributed by atoms with Crippen molar-refractivity contribution in [3.8, 4) is 0 Å². The fourth-order valence-electron chi connectivity index (χ4n) is 2.18. The molecule has 2 N–H and O–H groups in total. The van der Waals surface area contributed by atoms with Gasteiger partial charge in [-0.3, -0.25) is 4.79 Å². The average molecular weight is 285 g/mol. The highest BCUT2D eigenvalue weighted by molar-refractivity contribution is 5.95. The summed E-state index contributed by atoms with van der Waals surface area (Å²) in [7, 11) is 1.59. The first kappa shape index (κ1) is 15.2. The summed E-state index contributed by atoms with van der Waals surface area (Å²) in [6, 6.07) is 16.3. The normalized spacial score (nSPS) is 11.9. The van der Waals surface area contributed by atoms with Crippen molar-refractivity contribution in [1.82, 2.24) is 5.32 Å². The minimum atomic E-state index is -0.422. The van der Waals surface area contributed by atoms with Gasteiger partial charge in [0.25, 0.3) is 5.91 Å². The van der Waals surface area contributed by atoms with Crippen LogP contribution in [0.3, 0.4) is 0 Å². The molecule has 0 bridgehead atoms. The number of nitrogens with one attached hydrogen (secondary N) is 1. The molecule has 0 aliphatic heterocycles. The lowest BCUT2D eigenvalue weighted by molar-refractivity contribution is 0.0911. The smallest absolute Gasteiger partial charge is 0.252 e. The monoisotopic (exact) mass is 285 g/mol. The van der Waals surface area contributed by atoms with E-state index in [2.05, 4.69) is 5.32 Å². The van der Waals surface area contributed by atoms with Crippen LogP contribution in [0.25, 0.3) is 0 Å². The third-order valence-corrected chi connectivity index (χ3v) is 3.25. The highest BCUT2D eigenvalue weighted by Gasteiger charge is 2.16. The van der Waals surface area contributed by atoms with Gasteiger partial charge >= 0.3 is 0 Å². The Morgan fingerprint density at radius 3 is 2.48 bits per heavy atom. The SMILES string of the molecule is COCc1ccccc1C(=O)N[C@@H](CO)c1ccccc1. The second kappa shape index (κ2) is 7.57. The Kier molecular flexibility index (Phi) is 5.49. The molecule has 0 aliphatic rings. The highest BCUT2D eigenvalue weighted by Crippen LogP contribution is 2.15. The molecule has 110 valence electrons. The van der Waals surface area contributed by atoms with Crippen LogP contribution < -0.4 is 5.32 Å². The maximum absolute atomic E-state index is 12.4. The van der Waals surface area contributed by atoms with Crippen LogP contribution in [-0.2, 0) is 11.3 Å². The first-order valence-electron chi connectivity index (χ1n) is 6.79. The van der Waals surface area contributed by atoms with Crippen LogP contribution in [-0.4, -0.2) is 24.7 Å². The van der Waals surface area contributed by atoms with Crippen molar-refractivity contribution in [2.24, 2.45) is 0 Å². The van der Waals surface area contributed by atoms with E-state index in [0.717, 1.165) is 11.1 Å². The summed E-state index contributed by atoms with van der Waals surface area (Å²) in [6.07, 6.45) is 0. The Balaban J connectivity index is 2.17. The van der Waals surface area contributed by atoms with Gasteiger partial charge in [0.05, 0.1) is 19.3 Å². The van der Waals surface area contributed by atoms with Crippen molar-refractivity contribution in [1.29, 1.82) is 0 Å². The van der Waals surface area contributed by atoms with E-state index in [9.17, 15) is 9.90 Å². The van der Waals surface area contributed by atoms with Crippen molar-refractivity contribution in [3.05, 3.63) is 71.3 Å².